The van der Waals surface area contributed by atoms with E-state index in [1.54, 1.807) is 13.2 Å². The van der Waals surface area contributed by atoms with Crippen LogP contribution in [0.5, 0.6) is 5.75 Å². The Morgan fingerprint density at radius 2 is 1.94 bits per heavy atom. The Kier molecular flexibility index (Phi) is 5.16. The minimum atomic E-state index is -3.20. The van der Waals surface area contributed by atoms with Gasteiger partial charge in [0.15, 0.2) is 9.84 Å². The molecule has 0 amide bonds. The number of methoxy groups -OCH3 is 1. The van der Waals surface area contributed by atoms with Crippen molar-refractivity contribution in [2.45, 2.75) is 31.1 Å². The van der Waals surface area contributed by atoms with E-state index in [0.717, 1.165) is 29.7 Å². The summed E-state index contributed by atoms with van der Waals surface area (Å²) in [6, 6.07) is 3.51. The molecule has 5 heteroatoms. The highest BCUT2D eigenvalue weighted by Gasteiger charge is 2.15. The predicted octanol–water partition coefficient (Wildman–Crippen LogP) is 1.69. The van der Waals surface area contributed by atoms with Crippen molar-refractivity contribution in [1.29, 1.82) is 0 Å². The minimum Gasteiger partial charge on any atom is -0.496 e. The molecular weight excluding hydrogens is 250 g/mol. The van der Waals surface area contributed by atoms with E-state index in [2.05, 4.69) is 0 Å². The number of aryl methyl sites for hydroxylation is 2. The molecule has 0 saturated heterocycles. The molecule has 0 atom stereocenters. The number of rotatable bonds is 6. The van der Waals surface area contributed by atoms with E-state index in [-0.39, 0.29) is 0 Å². The molecule has 0 fully saturated rings. The molecule has 0 aliphatic heterocycles. The maximum atomic E-state index is 11.8. The van der Waals surface area contributed by atoms with Crippen LogP contribution in [0.15, 0.2) is 17.0 Å². The molecule has 2 N–H and O–H groups in total. The lowest BCUT2D eigenvalue weighted by molar-refractivity contribution is 0.410. The normalized spacial score (nSPS) is 11.6. The quantitative estimate of drug-likeness (QED) is 0.799. The predicted molar refractivity (Wildman–Crippen MR) is 72.8 cm³/mol. The fourth-order valence-electron chi connectivity index (χ4n) is 1.92. The second kappa shape index (κ2) is 6.20. The fraction of sp³-hybridized carbons (Fsp3) is 0.538. The van der Waals surface area contributed by atoms with E-state index in [1.165, 1.54) is 6.26 Å². The summed E-state index contributed by atoms with van der Waals surface area (Å²) in [5, 5.41) is 0. The lowest BCUT2D eigenvalue weighted by Crippen LogP contribution is -2.06. The van der Waals surface area contributed by atoms with Crippen molar-refractivity contribution in [3.05, 3.63) is 23.3 Å². The van der Waals surface area contributed by atoms with Gasteiger partial charge in [0.1, 0.15) is 5.75 Å². The number of hydrogen-bond acceptors (Lipinski definition) is 4. The van der Waals surface area contributed by atoms with Gasteiger partial charge in [-0.3, -0.25) is 0 Å². The van der Waals surface area contributed by atoms with Crippen LogP contribution >= 0.6 is 0 Å². The largest absolute Gasteiger partial charge is 0.496 e. The Balaban J connectivity index is 3.18. The third-order valence-electron chi connectivity index (χ3n) is 2.88. The van der Waals surface area contributed by atoms with Gasteiger partial charge in [0.25, 0.3) is 0 Å². The van der Waals surface area contributed by atoms with Crippen molar-refractivity contribution < 1.29 is 13.2 Å². The first kappa shape index (κ1) is 15.0. The van der Waals surface area contributed by atoms with Crippen molar-refractivity contribution in [1.82, 2.24) is 0 Å². The van der Waals surface area contributed by atoms with Crippen molar-refractivity contribution in [3.63, 3.8) is 0 Å². The molecule has 0 spiro atoms. The molecular formula is C13H21NO3S. The van der Waals surface area contributed by atoms with Gasteiger partial charge in [0.05, 0.1) is 12.0 Å². The van der Waals surface area contributed by atoms with Crippen LogP contribution in [0.2, 0.25) is 0 Å². The number of benzene rings is 1. The molecule has 0 aliphatic carbocycles. The molecule has 0 bridgehead atoms. The standard InChI is InChI=1S/C13H21NO3S/c1-10-8-13(18(3,15)16)11(6-4-5-7-14)9-12(10)17-2/h8-9H,4-7,14H2,1-3H3. The first-order chi connectivity index (χ1) is 8.40. The van der Waals surface area contributed by atoms with E-state index in [4.69, 9.17) is 10.5 Å². The van der Waals surface area contributed by atoms with E-state index < -0.39 is 9.84 Å². The van der Waals surface area contributed by atoms with Crippen LogP contribution < -0.4 is 10.5 Å². The SMILES string of the molecule is COc1cc(CCCCN)c(S(C)(=O)=O)cc1C. The molecule has 0 radical (unpaired) electrons. The molecule has 0 saturated carbocycles. The van der Waals surface area contributed by atoms with Crippen molar-refractivity contribution in [2.75, 3.05) is 19.9 Å². The highest BCUT2D eigenvalue weighted by Crippen LogP contribution is 2.27. The van der Waals surface area contributed by atoms with Crippen LogP contribution in [0.4, 0.5) is 0 Å². The Morgan fingerprint density at radius 3 is 2.44 bits per heavy atom. The van der Waals surface area contributed by atoms with Crippen LogP contribution in [-0.2, 0) is 16.3 Å². The Labute approximate surface area is 109 Å². The maximum absolute atomic E-state index is 11.8. The molecule has 0 unspecified atom stereocenters. The fourth-order valence-corrected chi connectivity index (χ4v) is 2.95. The highest BCUT2D eigenvalue weighted by molar-refractivity contribution is 7.90. The molecule has 18 heavy (non-hydrogen) atoms. The van der Waals surface area contributed by atoms with Crippen LogP contribution in [-0.4, -0.2) is 28.3 Å². The molecule has 0 heterocycles. The van der Waals surface area contributed by atoms with Gasteiger partial charge in [0, 0.05) is 6.26 Å². The van der Waals surface area contributed by atoms with Gasteiger partial charge in [0.2, 0.25) is 0 Å². The highest BCUT2D eigenvalue weighted by atomic mass is 32.2. The smallest absolute Gasteiger partial charge is 0.175 e. The summed E-state index contributed by atoms with van der Waals surface area (Å²) in [5.41, 5.74) is 7.10. The summed E-state index contributed by atoms with van der Waals surface area (Å²) in [6.07, 6.45) is 3.71. The lowest BCUT2D eigenvalue weighted by atomic mass is 10.1. The molecule has 1 aromatic carbocycles. The Hall–Kier alpha value is -1.07. The summed E-state index contributed by atoms with van der Waals surface area (Å²) >= 11 is 0. The average molecular weight is 271 g/mol. The third kappa shape index (κ3) is 3.71. The van der Waals surface area contributed by atoms with Crippen molar-refractivity contribution in [2.24, 2.45) is 5.73 Å². The second-order valence-electron chi connectivity index (χ2n) is 4.45. The van der Waals surface area contributed by atoms with Gasteiger partial charge in [-0.15, -0.1) is 0 Å². The first-order valence-corrected chi connectivity index (χ1v) is 7.87. The van der Waals surface area contributed by atoms with Crippen LogP contribution in [0.3, 0.4) is 0 Å². The molecule has 4 nitrogen and oxygen atoms in total. The second-order valence-corrected chi connectivity index (χ2v) is 6.43. The van der Waals surface area contributed by atoms with Gasteiger partial charge >= 0.3 is 0 Å². The van der Waals surface area contributed by atoms with Crippen molar-refractivity contribution >= 4 is 9.84 Å². The third-order valence-corrected chi connectivity index (χ3v) is 4.06. The van der Waals surface area contributed by atoms with Crippen LogP contribution in [0, 0.1) is 6.92 Å². The van der Waals surface area contributed by atoms with Crippen LogP contribution in [0.25, 0.3) is 0 Å². The molecule has 102 valence electrons. The Bertz CT molecular complexity index is 509. The van der Waals surface area contributed by atoms with Gasteiger partial charge in [-0.2, -0.15) is 0 Å². The lowest BCUT2D eigenvalue weighted by Gasteiger charge is -2.12. The first-order valence-electron chi connectivity index (χ1n) is 5.97. The number of unbranched alkanes of at least 4 members (excludes halogenated alkanes) is 1. The molecule has 0 aliphatic rings. The summed E-state index contributed by atoms with van der Waals surface area (Å²) in [6.45, 7) is 2.47. The van der Waals surface area contributed by atoms with Gasteiger partial charge in [-0.1, -0.05) is 0 Å². The summed E-state index contributed by atoms with van der Waals surface area (Å²) < 4.78 is 28.8. The number of nitrogens with two attached hydrogens (primary N) is 1. The number of sulfone groups is 1. The summed E-state index contributed by atoms with van der Waals surface area (Å²) in [7, 11) is -1.62. The molecule has 1 aromatic rings. The topological polar surface area (TPSA) is 69.4 Å². The van der Waals surface area contributed by atoms with Gasteiger partial charge < -0.3 is 10.5 Å². The zero-order valence-corrected chi connectivity index (χ0v) is 12.0. The van der Waals surface area contributed by atoms with Gasteiger partial charge in [-0.25, -0.2) is 8.42 Å². The number of hydrogen-bond donors (Lipinski definition) is 1. The maximum Gasteiger partial charge on any atom is 0.175 e. The van der Waals surface area contributed by atoms with Crippen LogP contribution in [0.1, 0.15) is 24.0 Å². The summed E-state index contributed by atoms with van der Waals surface area (Å²) in [5.74, 6) is 0.727. The van der Waals surface area contributed by atoms with E-state index in [0.29, 0.717) is 17.9 Å². The van der Waals surface area contributed by atoms with E-state index >= 15 is 0 Å². The zero-order chi connectivity index (χ0) is 13.8. The number of ether oxygens (including phenoxy) is 1. The van der Waals surface area contributed by atoms with E-state index in [9.17, 15) is 8.42 Å². The Morgan fingerprint density at radius 1 is 1.28 bits per heavy atom. The van der Waals surface area contributed by atoms with Crippen molar-refractivity contribution in [3.8, 4) is 5.75 Å². The minimum absolute atomic E-state index is 0.401. The summed E-state index contributed by atoms with van der Waals surface area (Å²) in [4.78, 5) is 0.401. The van der Waals surface area contributed by atoms with Gasteiger partial charge in [-0.05, 0) is 56.0 Å². The molecule has 0 aromatic heterocycles. The average Bonchev–Trinajstić information content (AvgIpc) is 2.29. The zero-order valence-electron chi connectivity index (χ0n) is 11.2. The molecule has 1 rings (SSSR count). The monoisotopic (exact) mass is 271 g/mol. The van der Waals surface area contributed by atoms with E-state index in [1.807, 2.05) is 13.0 Å².